The number of hydrogen-bond donors (Lipinski definition) is 2. The van der Waals surface area contributed by atoms with Gasteiger partial charge in [0.25, 0.3) is 5.91 Å². The molecule has 0 radical (unpaired) electrons. The van der Waals surface area contributed by atoms with E-state index in [0.717, 1.165) is 5.56 Å². The summed E-state index contributed by atoms with van der Waals surface area (Å²) in [6, 6.07) is 14.1. The zero-order valence-electron chi connectivity index (χ0n) is 10.5. The number of nitrogens with zero attached hydrogens (tertiary/aromatic N) is 1. The molecule has 0 bridgehead atoms. The Bertz CT molecular complexity index is 671. The predicted molar refractivity (Wildman–Crippen MR) is 74.7 cm³/mol. The average Bonchev–Trinajstić information content (AvgIpc) is 2.42. The molecule has 0 aliphatic heterocycles. The van der Waals surface area contributed by atoms with Crippen LogP contribution in [0.15, 0.2) is 42.5 Å². The Hall–Kier alpha value is -2.80. The summed E-state index contributed by atoms with van der Waals surface area (Å²) in [5, 5.41) is 11.7. The zero-order valence-corrected chi connectivity index (χ0v) is 10.5. The quantitative estimate of drug-likeness (QED) is 0.805. The van der Waals surface area contributed by atoms with Gasteiger partial charge in [0.15, 0.2) is 0 Å². The molecule has 2 aromatic rings. The molecule has 0 aromatic heterocycles. The molecule has 19 heavy (non-hydrogen) atoms. The Labute approximate surface area is 111 Å². The van der Waals surface area contributed by atoms with E-state index in [9.17, 15) is 4.79 Å². The van der Waals surface area contributed by atoms with Crippen LogP contribution >= 0.6 is 0 Å². The van der Waals surface area contributed by atoms with Gasteiger partial charge in [-0.1, -0.05) is 18.2 Å². The van der Waals surface area contributed by atoms with Gasteiger partial charge in [0, 0.05) is 11.3 Å². The van der Waals surface area contributed by atoms with Crippen LogP contribution in [0.1, 0.15) is 21.5 Å². The third kappa shape index (κ3) is 2.55. The highest BCUT2D eigenvalue weighted by atomic mass is 16.1. The Kier molecular flexibility index (Phi) is 3.48. The van der Waals surface area contributed by atoms with Gasteiger partial charge in [-0.15, -0.1) is 0 Å². The lowest BCUT2D eigenvalue weighted by atomic mass is 10.1. The van der Waals surface area contributed by atoms with E-state index in [2.05, 4.69) is 5.32 Å². The van der Waals surface area contributed by atoms with Crippen LogP contribution in [0.4, 0.5) is 11.4 Å². The van der Waals surface area contributed by atoms with Crippen molar-refractivity contribution in [3.8, 4) is 6.07 Å². The van der Waals surface area contributed by atoms with Gasteiger partial charge in [-0.25, -0.2) is 0 Å². The minimum atomic E-state index is -0.271. The summed E-state index contributed by atoms with van der Waals surface area (Å²) in [4.78, 5) is 12.2. The summed E-state index contributed by atoms with van der Waals surface area (Å²) in [5.74, 6) is -0.271. The molecule has 0 spiro atoms. The first-order chi connectivity index (χ1) is 9.13. The molecule has 94 valence electrons. The second-order valence-electron chi connectivity index (χ2n) is 4.13. The number of nitriles is 1. The highest BCUT2D eigenvalue weighted by Crippen LogP contribution is 2.19. The van der Waals surface area contributed by atoms with Crippen molar-refractivity contribution in [2.24, 2.45) is 0 Å². The number of nitrogens with two attached hydrogens (primary N) is 1. The number of nitrogen functional groups attached to an aromatic ring is 1. The Morgan fingerprint density at radius 1 is 1.21 bits per heavy atom. The largest absolute Gasteiger partial charge is 0.398 e. The summed E-state index contributed by atoms with van der Waals surface area (Å²) in [5.41, 5.74) is 8.51. The van der Waals surface area contributed by atoms with Crippen LogP contribution in [0.3, 0.4) is 0 Å². The number of amides is 1. The summed E-state index contributed by atoms with van der Waals surface area (Å²) in [7, 11) is 0. The maximum absolute atomic E-state index is 12.2. The topological polar surface area (TPSA) is 78.9 Å². The lowest BCUT2D eigenvalue weighted by Crippen LogP contribution is -2.14. The molecule has 4 nitrogen and oxygen atoms in total. The van der Waals surface area contributed by atoms with Crippen LogP contribution in [0.5, 0.6) is 0 Å². The maximum Gasteiger partial charge on any atom is 0.256 e. The van der Waals surface area contributed by atoms with Crippen molar-refractivity contribution < 1.29 is 4.79 Å². The van der Waals surface area contributed by atoms with Gasteiger partial charge >= 0.3 is 0 Å². The number of hydrogen-bond acceptors (Lipinski definition) is 3. The van der Waals surface area contributed by atoms with Crippen LogP contribution < -0.4 is 11.1 Å². The van der Waals surface area contributed by atoms with E-state index < -0.39 is 0 Å². The number of benzene rings is 2. The van der Waals surface area contributed by atoms with Crippen molar-refractivity contribution in [1.82, 2.24) is 0 Å². The standard InChI is InChI=1S/C15H13N3O/c1-10-12(6-4-7-13(10)17)15(19)18-14-8-3-2-5-11(14)9-16/h2-8H,17H2,1H3,(H,18,19). The summed E-state index contributed by atoms with van der Waals surface area (Å²) >= 11 is 0. The molecular formula is C15H13N3O. The van der Waals surface area contributed by atoms with Crippen molar-refractivity contribution in [1.29, 1.82) is 5.26 Å². The molecule has 2 rings (SSSR count). The maximum atomic E-state index is 12.2. The van der Waals surface area contributed by atoms with Crippen molar-refractivity contribution in [2.45, 2.75) is 6.92 Å². The fourth-order valence-corrected chi connectivity index (χ4v) is 1.78. The van der Waals surface area contributed by atoms with E-state index in [4.69, 9.17) is 11.0 Å². The number of rotatable bonds is 2. The smallest absolute Gasteiger partial charge is 0.256 e. The van der Waals surface area contributed by atoms with Gasteiger partial charge in [-0.2, -0.15) is 5.26 Å². The third-order valence-electron chi connectivity index (χ3n) is 2.92. The molecular weight excluding hydrogens is 238 g/mol. The van der Waals surface area contributed by atoms with Gasteiger partial charge in [0.05, 0.1) is 11.3 Å². The van der Waals surface area contributed by atoms with Crippen molar-refractivity contribution in [2.75, 3.05) is 11.1 Å². The van der Waals surface area contributed by atoms with E-state index in [1.54, 1.807) is 49.4 Å². The van der Waals surface area contributed by atoms with Gasteiger partial charge in [-0.05, 0) is 36.8 Å². The van der Waals surface area contributed by atoms with Crippen LogP contribution in [0.25, 0.3) is 0 Å². The van der Waals surface area contributed by atoms with Crippen LogP contribution in [0.2, 0.25) is 0 Å². The Morgan fingerprint density at radius 3 is 2.68 bits per heavy atom. The first-order valence-electron chi connectivity index (χ1n) is 5.79. The molecule has 1 amide bonds. The predicted octanol–water partition coefficient (Wildman–Crippen LogP) is 2.70. The van der Waals surface area contributed by atoms with E-state index in [0.29, 0.717) is 22.5 Å². The molecule has 0 fully saturated rings. The van der Waals surface area contributed by atoms with Gasteiger partial charge < -0.3 is 11.1 Å². The molecule has 0 aliphatic rings. The van der Waals surface area contributed by atoms with Crippen LogP contribution in [-0.2, 0) is 0 Å². The molecule has 0 aliphatic carbocycles. The second kappa shape index (κ2) is 5.23. The zero-order chi connectivity index (χ0) is 13.8. The van der Waals surface area contributed by atoms with Crippen LogP contribution in [0, 0.1) is 18.3 Å². The molecule has 0 unspecified atom stereocenters. The molecule has 0 heterocycles. The second-order valence-corrected chi connectivity index (χ2v) is 4.13. The Morgan fingerprint density at radius 2 is 1.95 bits per heavy atom. The minimum absolute atomic E-state index is 0.271. The number of nitrogens with one attached hydrogen (secondary N) is 1. The third-order valence-corrected chi connectivity index (χ3v) is 2.92. The van der Waals surface area contributed by atoms with E-state index >= 15 is 0 Å². The lowest BCUT2D eigenvalue weighted by Gasteiger charge is -2.10. The van der Waals surface area contributed by atoms with E-state index in [1.807, 2.05) is 6.07 Å². The highest BCUT2D eigenvalue weighted by Gasteiger charge is 2.12. The molecule has 0 atom stereocenters. The highest BCUT2D eigenvalue weighted by molar-refractivity contribution is 6.06. The number of para-hydroxylation sites is 1. The molecule has 0 saturated heterocycles. The normalized spacial score (nSPS) is 9.68. The van der Waals surface area contributed by atoms with Crippen molar-refractivity contribution in [3.63, 3.8) is 0 Å². The lowest BCUT2D eigenvalue weighted by molar-refractivity contribution is 0.102. The average molecular weight is 251 g/mol. The molecule has 0 saturated carbocycles. The van der Waals surface area contributed by atoms with E-state index in [-0.39, 0.29) is 5.91 Å². The first kappa shape index (κ1) is 12.7. The van der Waals surface area contributed by atoms with Crippen molar-refractivity contribution >= 4 is 17.3 Å². The number of carbonyl (C=O) groups is 1. The fourth-order valence-electron chi connectivity index (χ4n) is 1.78. The van der Waals surface area contributed by atoms with Crippen LogP contribution in [-0.4, -0.2) is 5.91 Å². The molecule has 4 heteroatoms. The van der Waals surface area contributed by atoms with Gasteiger partial charge in [-0.3, -0.25) is 4.79 Å². The summed E-state index contributed by atoms with van der Waals surface area (Å²) < 4.78 is 0. The molecule has 2 aromatic carbocycles. The number of anilines is 2. The van der Waals surface area contributed by atoms with E-state index in [1.165, 1.54) is 0 Å². The molecule has 3 N–H and O–H groups in total. The summed E-state index contributed by atoms with van der Waals surface area (Å²) in [6.45, 7) is 1.79. The summed E-state index contributed by atoms with van der Waals surface area (Å²) in [6.07, 6.45) is 0. The SMILES string of the molecule is Cc1c(N)cccc1C(=O)Nc1ccccc1C#N. The monoisotopic (exact) mass is 251 g/mol. The van der Waals surface area contributed by atoms with Crippen molar-refractivity contribution in [3.05, 3.63) is 59.2 Å². The van der Waals surface area contributed by atoms with Gasteiger partial charge in [0.1, 0.15) is 6.07 Å². The minimum Gasteiger partial charge on any atom is -0.398 e. The fraction of sp³-hybridized carbons (Fsp3) is 0.0667. The number of carbonyl (C=O) groups excluding carboxylic acids is 1. The Balaban J connectivity index is 2.32. The first-order valence-corrected chi connectivity index (χ1v) is 5.79. The van der Waals surface area contributed by atoms with Gasteiger partial charge in [0.2, 0.25) is 0 Å².